The summed E-state index contributed by atoms with van der Waals surface area (Å²) in [7, 11) is 0. The molecule has 2 aromatic heterocycles. The van der Waals surface area contributed by atoms with Crippen LogP contribution >= 0.6 is 0 Å². The summed E-state index contributed by atoms with van der Waals surface area (Å²) < 4.78 is 2.20. The lowest BCUT2D eigenvalue weighted by Gasteiger charge is -2.14. The van der Waals surface area contributed by atoms with E-state index in [1.807, 2.05) is 18.2 Å². The molecule has 0 bridgehead atoms. The lowest BCUT2D eigenvalue weighted by molar-refractivity contribution is 0.671. The molecule has 0 aliphatic rings. The fourth-order valence-corrected chi connectivity index (χ4v) is 3.51. The number of anilines is 4. The van der Waals surface area contributed by atoms with Crippen LogP contribution in [0.15, 0.2) is 54.9 Å². The Labute approximate surface area is 174 Å². The van der Waals surface area contributed by atoms with Crippen molar-refractivity contribution in [3.63, 3.8) is 0 Å². The van der Waals surface area contributed by atoms with E-state index in [0.29, 0.717) is 23.6 Å². The molecule has 0 saturated heterocycles. The molecule has 0 atom stereocenters. The van der Waals surface area contributed by atoms with Gasteiger partial charge in [0.05, 0.1) is 0 Å². The van der Waals surface area contributed by atoms with E-state index in [0.717, 1.165) is 40.7 Å². The van der Waals surface area contributed by atoms with E-state index < -0.39 is 0 Å². The van der Waals surface area contributed by atoms with Crippen LogP contribution in [0.4, 0.5) is 23.1 Å². The van der Waals surface area contributed by atoms with Crippen LogP contribution in [0.2, 0.25) is 0 Å². The maximum atomic E-state index is 7.78. The third kappa shape index (κ3) is 3.81. The van der Waals surface area contributed by atoms with E-state index in [9.17, 15) is 0 Å². The van der Waals surface area contributed by atoms with Crippen molar-refractivity contribution < 1.29 is 0 Å². The van der Waals surface area contributed by atoms with Gasteiger partial charge >= 0.3 is 0 Å². The number of hydrogen-bond donors (Lipinski definition) is 5. The number of nitrogens with two attached hydrogens (primary N) is 3. The number of benzene rings is 2. The lowest BCUT2D eigenvalue weighted by Crippen LogP contribution is -2.05. The van der Waals surface area contributed by atoms with Gasteiger partial charge in [0.25, 0.3) is 0 Å². The minimum atomic E-state index is 0.187. The van der Waals surface area contributed by atoms with Crippen LogP contribution in [-0.2, 0) is 6.54 Å². The largest absolute Gasteiger partial charge is 0.398 e. The van der Waals surface area contributed by atoms with Crippen molar-refractivity contribution in [2.45, 2.75) is 13.0 Å². The van der Waals surface area contributed by atoms with Gasteiger partial charge in [-0.15, -0.1) is 0 Å². The highest BCUT2D eigenvalue weighted by molar-refractivity contribution is 5.97. The van der Waals surface area contributed by atoms with Crippen molar-refractivity contribution in [3.8, 4) is 11.1 Å². The molecule has 2 heterocycles. The van der Waals surface area contributed by atoms with Gasteiger partial charge in [0.15, 0.2) is 0 Å². The number of rotatable bonds is 7. The first-order chi connectivity index (χ1) is 14.6. The Hall–Kier alpha value is -3.91. The monoisotopic (exact) mass is 400 g/mol. The maximum absolute atomic E-state index is 7.78. The number of nitrogen functional groups attached to an aromatic ring is 2. The second-order valence-corrected chi connectivity index (χ2v) is 7.02. The van der Waals surface area contributed by atoms with Gasteiger partial charge in [-0.1, -0.05) is 12.1 Å². The minimum absolute atomic E-state index is 0.187. The molecule has 0 amide bonds. The van der Waals surface area contributed by atoms with E-state index in [4.69, 9.17) is 22.6 Å². The van der Waals surface area contributed by atoms with E-state index in [2.05, 4.69) is 44.2 Å². The van der Waals surface area contributed by atoms with Crippen molar-refractivity contribution in [1.29, 1.82) is 5.41 Å². The lowest BCUT2D eigenvalue weighted by atomic mass is 9.98. The topological polar surface area (TPSA) is 145 Å². The molecule has 0 fully saturated rings. The van der Waals surface area contributed by atoms with Crippen LogP contribution in [0.3, 0.4) is 0 Å². The Morgan fingerprint density at radius 3 is 2.73 bits per heavy atom. The summed E-state index contributed by atoms with van der Waals surface area (Å²) in [6, 6.07) is 13.8. The first-order valence-corrected chi connectivity index (χ1v) is 9.68. The number of hydrogen-bond acceptors (Lipinski definition) is 7. The first-order valence-electron chi connectivity index (χ1n) is 9.68. The number of aryl methyl sites for hydroxylation is 1. The van der Waals surface area contributed by atoms with Crippen molar-refractivity contribution in [2.24, 2.45) is 5.73 Å². The van der Waals surface area contributed by atoms with Crippen molar-refractivity contribution in [2.75, 3.05) is 23.3 Å². The second kappa shape index (κ2) is 8.22. The molecule has 8 heteroatoms. The molecule has 0 aliphatic heterocycles. The molecule has 8 N–H and O–H groups in total. The molecule has 4 aromatic rings. The Kier molecular flexibility index (Phi) is 5.32. The smallest absolute Gasteiger partial charge is 0.221 e. The number of nitrogens with one attached hydrogen (secondary N) is 2. The molecule has 0 spiro atoms. The Bertz CT molecular complexity index is 1210. The predicted molar refractivity (Wildman–Crippen MR) is 123 cm³/mol. The van der Waals surface area contributed by atoms with Crippen LogP contribution in [0.1, 0.15) is 12.0 Å². The summed E-state index contributed by atoms with van der Waals surface area (Å²) in [6.45, 7) is 1.51. The highest BCUT2D eigenvalue weighted by Gasteiger charge is 2.12. The molecule has 2 aromatic carbocycles. The molecule has 8 nitrogen and oxygen atoms in total. The summed E-state index contributed by atoms with van der Waals surface area (Å²) in [5, 5.41) is 12.2. The van der Waals surface area contributed by atoms with E-state index in [1.54, 1.807) is 12.3 Å². The minimum Gasteiger partial charge on any atom is -0.398 e. The van der Waals surface area contributed by atoms with E-state index >= 15 is 0 Å². The summed E-state index contributed by atoms with van der Waals surface area (Å²) >= 11 is 0. The summed E-state index contributed by atoms with van der Waals surface area (Å²) in [4.78, 5) is 8.08. The van der Waals surface area contributed by atoms with Gasteiger partial charge in [0, 0.05) is 53.2 Å². The SMILES string of the molecule is N=Cc1cc(Nc2ccnc(N)n2)cc(-c2ccc3ccn(CCCN)c3c2)c1N. The third-order valence-corrected chi connectivity index (χ3v) is 5.00. The van der Waals surface area contributed by atoms with Crippen molar-refractivity contribution >= 4 is 40.3 Å². The number of fused-ring (bicyclic) bond motifs is 1. The van der Waals surface area contributed by atoms with Crippen molar-refractivity contribution in [1.82, 2.24) is 14.5 Å². The molecule has 152 valence electrons. The Morgan fingerprint density at radius 2 is 1.97 bits per heavy atom. The molecule has 30 heavy (non-hydrogen) atoms. The molecule has 0 radical (unpaired) electrons. The van der Waals surface area contributed by atoms with Crippen LogP contribution in [0, 0.1) is 5.41 Å². The normalized spacial score (nSPS) is 11.0. The van der Waals surface area contributed by atoms with Gasteiger partial charge in [0.1, 0.15) is 5.82 Å². The first kappa shape index (κ1) is 19.4. The molecule has 0 aliphatic carbocycles. The van der Waals surface area contributed by atoms with Crippen LogP contribution < -0.4 is 22.5 Å². The zero-order valence-electron chi connectivity index (χ0n) is 16.5. The van der Waals surface area contributed by atoms with Gasteiger partial charge in [-0.25, -0.2) is 4.98 Å². The van der Waals surface area contributed by atoms with Gasteiger partial charge in [-0.2, -0.15) is 4.98 Å². The highest BCUT2D eigenvalue weighted by atomic mass is 15.1. The van der Waals surface area contributed by atoms with Gasteiger partial charge in [-0.3, -0.25) is 0 Å². The summed E-state index contributed by atoms with van der Waals surface area (Å²) in [6.07, 6.45) is 5.83. The molecular weight excluding hydrogens is 376 g/mol. The highest BCUT2D eigenvalue weighted by Crippen LogP contribution is 2.34. The Balaban J connectivity index is 1.78. The average Bonchev–Trinajstić information content (AvgIpc) is 3.15. The molecular formula is C22H24N8. The van der Waals surface area contributed by atoms with Gasteiger partial charge in [-0.05, 0) is 54.2 Å². The maximum Gasteiger partial charge on any atom is 0.221 e. The Morgan fingerprint density at radius 1 is 1.10 bits per heavy atom. The standard InChI is InChI=1S/C22H24N8/c23-6-1-8-30-9-5-14-2-3-15(11-19(14)30)18-12-17(10-16(13-24)21(18)25)28-20-4-7-27-22(26)29-20/h2-5,7,9-13,24H,1,6,8,23,25H2,(H3,26,27,28,29). The average molecular weight is 400 g/mol. The molecule has 0 unspecified atom stereocenters. The quantitative estimate of drug-likeness (QED) is 0.238. The van der Waals surface area contributed by atoms with Crippen LogP contribution in [0.5, 0.6) is 0 Å². The van der Waals surface area contributed by atoms with Crippen LogP contribution in [-0.4, -0.2) is 27.3 Å². The van der Waals surface area contributed by atoms with Gasteiger partial charge in [0.2, 0.25) is 5.95 Å². The third-order valence-electron chi connectivity index (χ3n) is 5.00. The zero-order valence-corrected chi connectivity index (χ0v) is 16.5. The zero-order chi connectivity index (χ0) is 21.1. The second-order valence-electron chi connectivity index (χ2n) is 7.02. The van der Waals surface area contributed by atoms with Gasteiger partial charge < -0.3 is 32.5 Å². The van der Waals surface area contributed by atoms with Crippen molar-refractivity contribution in [3.05, 3.63) is 60.4 Å². The summed E-state index contributed by atoms with van der Waals surface area (Å²) in [5.74, 6) is 0.756. The predicted octanol–water partition coefficient (Wildman–Crippen LogP) is 3.35. The number of aromatic nitrogens is 3. The van der Waals surface area contributed by atoms with Crippen LogP contribution in [0.25, 0.3) is 22.0 Å². The van der Waals surface area contributed by atoms with E-state index in [1.165, 1.54) is 6.21 Å². The fourth-order valence-electron chi connectivity index (χ4n) is 3.51. The number of nitrogens with zero attached hydrogens (tertiary/aromatic N) is 3. The fraction of sp³-hybridized carbons (Fsp3) is 0.136. The molecule has 0 saturated carbocycles. The summed E-state index contributed by atoms with van der Waals surface area (Å²) in [5.41, 5.74) is 22.6. The van der Waals surface area contributed by atoms with E-state index in [-0.39, 0.29) is 5.95 Å². The molecule has 4 rings (SSSR count).